The van der Waals surface area contributed by atoms with Gasteiger partial charge in [-0.1, -0.05) is 74.9 Å². The van der Waals surface area contributed by atoms with Crippen LogP contribution in [0.1, 0.15) is 68.7 Å². The van der Waals surface area contributed by atoms with E-state index in [1.54, 1.807) is 0 Å². The van der Waals surface area contributed by atoms with E-state index >= 15 is 0 Å². The van der Waals surface area contributed by atoms with Crippen molar-refractivity contribution in [2.24, 2.45) is 5.92 Å². The van der Waals surface area contributed by atoms with Gasteiger partial charge in [-0.25, -0.2) is 0 Å². The molecule has 1 aliphatic carbocycles. The van der Waals surface area contributed by atoms with Crippen molar-refractivity contribution in [3.8, 4) is 0 Å². The maximum absolute atomic E-state index is 13.3. The lowest BCUT2D eigenvalue weighted by molar-refractivity contribution is -0.128. The van der Waals surface area contributed by atoms with Crippen molar-refractivity contribution in [1.82, 2.24) is 16.0 Å². The summed E-state index contributed by atoms with van der Waals surface area (Å²) < 4.78 is 0. The first kappa shape index (κ1) is 23.5. The van der Waals surface area contributed by atoms with Crippen LogP contribution in [0.25, 0.3) is 0 Å². The summed E-state index contributed by atoms with van der Waals surface area (Å²) in [6.45, 7) is 5.61. The van der Waals surface area contributed by atoms with Gasteiger partial charge in [-0.05, 0) is 35.4 Å². The monoisotopic (exact) mass is 435 g/mol. The zero-order valence-electron chi connectivity index (χ0n) is 19.1. The van der Waals surface area contributed by atoms with E-state index in [9.17, 15) is 14.4 Å². The number of carbonyl (C=O) groups excluding carboxylic acids is 3. The Balaban J connectivity index is 1.74. The average Bonchev–Trinajstić information content (AvgIpc) is 3.24. The van der Waals surface area contributed by atoms with E-state index in [0.29, 0.717) is 5.92 Å². The van der Waals surface area contributed by atoms with Gasteiger partial charge in [-0.3, -0.25) is 14.4 Å². The second kappa shape index (κ2) is 10.9. The number of rotatable bonds is 8. The molecule has 3 atom stereocenters. The van der Waals surface area contributed by atoms with Crippen molar-refractivity contribution in [2.75, 3.05) is 6.54 Å². The highest BCUT2D eigenvalue weighted by Crippen LogP contribution is 2.29. The molecule has 0 spiro atoms. The van der Waals surface area contributed by atoms with Gasteiger partial charge < -0.3 is 16.0 Å². The maximum atomic E-state index is 13.3. The van der Waals surface area contributed by atoms with Crippen LogP contribution in [0.3, 0.4) is 0 Å². The fourth-order valence-corrected chi connectivity index (χ4v) is 4.24. The lowest BCUT2D eigenvalue weighted by Gasteiger charge is -2.25. The first-order valence-corrected chi connectivity index (χ1v) is 11.3. The van der Waals surface area contributed by atoms with E-state index in [2.05, 4.69) is 54.1 Å². The third-order valence-corrected chi connectivity index (χ3v) is 6.05. The van der Waals surface area contributed by atoms with Crippen molar-refractivity contribution in [1.29, 1.82) is 0 Å². The predicted molar refractivity (Wildman–Crippen MR) is 125 cm³/mol. The number of amides is 3. The largest absolute Gasteiger partial charge is 0.351 e. The Morgan fingerprint density at radius 2 is 1.53 bits per heavy atom. The first-order valence-electron chi connectivity index (χ1n) is 11.3. The molecule has 0 heterocycles. The molecule has 0 bridgehead atoms. The molecule has 6 heteroatoms. The normalized spacial score (nSPS) is 18.8. The molecule has 3 N–H and O–H groups in total. The van der Waals surface area contributed by atoms with Crippen LogP contribution in [0.2, 0.25) is 0 Å². The highest BCUT2D eigenvalue weighted by atomic mass is 16.2. The maximum Gasteiger partial charge on any atom is 0.239 e. The van der Waals surface area contributed by atoms with Gasteiger partial charge in [0.1, 0.15) is 0 Å². The van der Waals surface area contributed by atoms with E-state index in [4.69, 9.17) is 0 Å². The zero-order valence-corrected chi connectivity index (χ0v) is 19.1. The summed E-state index contributed by atoms with van der Waals surface area (Å²) in [6.07, 6.45) is 2.36. The Labute approximate surface area is 190 Å². The number of benzene rings is 2. The molecule has 1 saturated carbocycles. The van der Waals surface area contributed by atoms with Crippen LogP contribution in [-0.2, 0) is 14.4 Å². The SMILES string of the molecule is CC(=O)NCC(=O)N[C@H]1CCC[C@H]1C(=O)N[C@@H](c1ccccc1)c1ccc(C(C)C)cc1. The summed E-state index contributed by atoms with van der Waals surface area (Å²) in [6, 6.07) is 17.8. The quantitative estimate of drug-likeness (QED) is 0.594. The van der Waals surface area contributed by atoms with Crippen molar-refractivity contribution >= 4 is 17.7 Å². The molecule has 3 amide bonds. The molecule has 2 aromatic rings. The van der Waals surface area contributed by atoms with Crippen LogP contribution in [0.5, 0.6) is 0 Å². The second-order valence-corrected chi connectivity index (χ2v) is 8.79. The third-order valence-electron chi connectivity index (χ3n) is 6.05. The molecule has 0 radical (unpaired) electrons. The lowest BCUT2D eigenvalue weighted by atomic mass is 9.94. The zero-order chi connectivity index (χ0) is 23.1. The summed E-state index contributed by atoms with van der Waals surface area (Å²) >= 11 is 0. The van der Waals surface area contributed by atoms with E-state index in [1.807, 2.05) is 30.3 Å². The van der Waals surface area contributed by atoms with Crippen LogP contribution in [-0.4, -0.2) is 30.3 Å². The van der Waals surface area contributed by atoms with Gasteiger partial charge in [-0.15, -0.1) is 0 Å². The molecule has 2 aromatic carbocycles. The number of carbonyl (C=O) groups is 3. The fourth-order valence-electron chi connectivity index (χ4n) is 4.24. The molecule has 32 heavy (non-hydrogen) atoms. The summed E-state index contributed by atoms with van der Waals surface area (Å²) in [5.41, 5.74) is 3.30. The molecule has 0 aliphatic heterocycles. The van der Waals surface area contributed by atoms with Gasteiger partial charge in [0, 0.05) is 13.0 Å². The van der Waals surface area contributed by atoms with E-state index in [1.165, 1.54) is 12.5 Å². The van der Waals surface area contributed by atoms with Crippen LogP contribution in [0.15, 0.2) is 54.6 Å². The predicted octanol–water partition coefficient (Wildman–Crippen LogP) is 3.44. The van der Waals surface area contributed by atoms with Gasteiger partial charge in [-0.2, -0.15) is 0 Å². The molecule has 0 aromatic heterocycles. The van der Waals surface area contributed by atoms with Crippen molar-refractivity contribution in [2.45, 2.75) is 58.0 Å². The number of nitrogens with one attached hydrogen (secondary N) is 3. The van der Waals surface area contributed by atoms with Crippen LogP contribution >= 0.6 is 0 Å². The summed E-state index contributed by atoms with van der Waals surface area (Å²) in [7, 11) is 0. The minimum atomic E-state index is -0.294. The second-order valence-electron chi connectivity index (χ2n) is 8.79. The molecule has 1 aliphatic rings. The van der Waals surface area contributed by atoms with E-state index in [0.717, 1.165) is 30.4 Å². The molecule has 0 saturated heterocycles. The minimum Gasteiger partial charge on any atom is -0.351 e. The molecule has 6 nitrogen and oxygen atoms in total. The van der Waals surface area contributed by atoms with Crippen molar-refractivity contribution < 1.29 is 14.4 Å². The van der Waals surface area contributed by atoms with Crippen LogP contribution < -0.4 is 16.0 Å². The number of hydrogen-bond donors (Lipinski definition) is 3. The Kier molecular flexibility index (Phi) is 8.03. The average molecular weight is 436 g/mol. The Hall–Kier alpha value is -3.15. The van der Waals surface area contributed by atoms with Crippen LogP contribution in [0, 0.1) is 5.92 Å². The molecule has 170 valence electrons. The third kappa shape index (κ3) is 6.19. The molecule has 3 rings (SSSR count). The van der Waals surface area contributed by atoms with Gasteiger partial charge in [0.25, 0.3) is 0 Å². The standard InChI is InChI=1S/C26H33N3O3/c1-17(2)19-12-14-21(15-13-19)25(20-8-5-4-6-9-20)29-26(32)22-10-7-11-23(22)28-24(31)16-27-18(3)30/h4-6,8-9,12-15,17,22-23,25H,7,10-11,16H2,1-3H3,(H,27,30)(H,28,31)(H,29,32)/t22-,23+,25+/m1/s1. The molecular weight excluding hydrogens is 402 g/mol. The van der Waals surface area contributed by atoms with Gasteiger partial charge >= 0.3 is 0 Å². The number of hydrogen-bond acceptors (Lipinski definition) is 3. The van der Waals surface area contributed by atoms with Crippen LogP contribution in [0.4, 0.5) is 0 Å². The Morgan fingerprint density at radius 3 is 2.16 bits per heavy atom. The first-order chi connectivity index (χ1) is 15.3. The fraction of sp³-hybridized carbons (Fsp3) is 0.423. The van der Waals surface area contributed by atoms with Gasteiger partial charge in [0.05, 0.1) is 18.5 Å². The van der Waals surface area contributed by atoms with E-state index in [-0.39, 0.29) is 42.3 Å². The molecule has 0 unspecified atom stereocenters. The topological polar surface area (TPSA) is 87.3 Å². The Morgan fingerprint density at radius 1 is 0.906 bits per heavy atom. The van der Waals surface area contributed by atoms with Crippen molar-refractivity contribution in [3.63, 3.8) is 0 Å². The minimum absolute atomic E-state index is 0.0610. The lowest BCUT2D eigenvalue weighted by Crippen LogP contribution is -2.47. The molecule has 1 fully saturated rings. The summed E-state index contributed by atoms with van der Waals surface area (Å²) in [4.78, 5) is 36.5. The van der Waals surface area contributed by atoms with Gasteiger partial charge in [0.2, 0.25) is 17.7 Å². The summed E-state index contributed by atoms with van der Waals surface area (Å²) in [5.74, 6) is -0.440. The van der Waals surface area contributed by atoms with Gasteiger partial charge in [0.15, 0.2) is 0 Å². The van der Waals surface area contributed by atoms with Crippen molar-refractivity contribution in [3.05, 3.63) is 71.3 Å². The van der Waals surface area contributed by atoms with E-state index < -0.39 is 0 Å². The molecular formula is C26H33N3O3. The highest BCUT2D eigenvalue weighted by molar-refractivity contribution is 5.85. The highest BCUT2D eigenvalue weighted by Gasteiger charge is 2.35. The Bertz CT molecular complexity index is 925. The summed E-state index contributed by atoms with van der Waals surface area (Å²) in [5, 5.41) is 8.66. The smallest absolute Gasteiger partial charge is 0.239 e.